The third-order valence-electron chi connectivity index (χ3n) is 2.50. The smallest absolute Gasteiger partial charge is 0.263 e. The Bertz CT molecular complexity index is 585. The van der Waals surface area contributed by atoms with Crippen LogP contribution in [0.3, 0.4) is 0 Å². The fraction of sp³-hybridized carbons (Fsp3) is 0.154. The molecule has 0 saturated carbocycles. The van der Waals surface area contributed by atoms with E-state index in [2.05, 4.69) is 10.3 Å². The highest BCUT2D eigenvalue weighted by molar-refractivity contribution is 5.97. The molecule has 1 amide bonds. The van der Waals surface area contributed by atoms with Gasteiger partial charge in [-0.05, 0) is 31.2 Å². The number of hydrogen-bond donors (Lipinski definition) is 1. The molecular formula is C13H13N3O2. The van der Waals surface area contributed by atoms with Crippen molar-refractivity contribution in [2.75, 3.05) is 5.32 Å². The van der Waals surface area contributed by atoms with Crippen LogP contribution in [0.4, 0.5) is 5.69 Å². The molecule has 1 aromatic heterocycles. The van der Waals surface area contributed by atoms with E-state index in [9.17, 15) is 9.59 Å². The number of nitrogens with zero attached hydrogens (tertiary/aromatic N) is 2. The quantitative estimate of drug-likeness (QED) is 0.875. The zero-order chi connectivity index (χ0) is 13.1. The minimum absolute atomic E-state index is 0.139. The van der Waals surface area contributed by atoms with Crippen molar-refractivity contribution in [3.05, 3.63) is 48.0 Å². The lowest BCUT2D eigenvalue weighted by atomic mass is 10.2. The average Bonchev–Trinajstić information content (AvgIpc) is 2.75. The van der Waals surface area contributed by atoms with E-state index in [0.717, 1.165) is 0 Å². The van der Waals surface area contributed by atoms with Crippen LogP contribution in [0.2, 0.25) is 0 Å². The second kappa shape index (κ2) is 4.83. The van der Waals surface area contributed by atoms with Crippen molar-refractivity contribution >= 4 is 17.5 Å². The van der Waals surface area contributed by atoms with Gasteiger partial charge < -0.3 is 5.32 Å². The van der Waals surface area contributed by atoms with Gasteiger partial charge in [0.2, 0.25) is 5.91 Å². The number of carbonyl (C=O) groups excluding carboxylic acids is 2. The van der Waals surface area contributed by atoms with Gasteiger partial charge in [0.15, 0.2) is 0 Å². The topological polar surface area (TPSA) is 64.0 Å². The van der Waals surface area contributed by atoms with E-state index in [0.29, 0.717) is 17.1 Å². The Balaban J connectivity index is 2.22. The normalized spacial score (nSPS) is 10.1. The SMILES string of the molecule is CC(=O)Nc1ccc(C(=O)n2ccnc2C)cc1. The van der Waals surface area contributed by atoms with Crippen LogP contribution in [-0.4, -0.2) is 21.4 Å². The van der Waals surface area contributed by atoms with E-state index in [1.807, 2.05) is 0 Å². The summed E-state index contributed by atoms with van der Waals surface area (Å²) in [5.74, 6) is 0.366. The van der Waals surface area contributed by atoms with Gasteiger partial charge in [0.05, 0.1) is 0 Å². The molecule has 0 spiro atoms. The molecule has 2 aromatic rings. The number of benzene rings is 1. The Morgan fingerprint density at radius 3 is 2.39 bits per heavy atom. The van der Waals surface area contributed by atoms with E-state index in [-0.39, 0.29) is 11.8 Å². The number of imidazole rings is 1. The molecule has 5 heteroatoms. The second-order valence-corrected chi connectivity index (χ2v) is 3.91. The fourth-order valence-corrected chi connectivity index (χ4v) is 1.63. The summed E-state index contributed by atoms with van der Waals surface area (Å²) in [5.41, 5.74) is 1.21. The summed E-state index contributed by atoms with van der Waals surface area (Å²) in [5, 5.41) is 2.65. The summed E-state index contributed by atoms with van der Waals surface area (Å²) in [6, 6.07) is 6.74. The molecule has 2 rings (SSSR count). The Morgan fingerprint density at radius 2 is 1.89 bits per heavy atom. The maximum absolute atomic E-state index is 12.1. The number of anilines is 1. The van der Waals surface area contributed by atoms with Crippen LogP contribution < -0.4 is 5.32 Å². The van der Waals surface area contributed by atoms with E-state index >= 15 is 0 Å². The molecule has 0 aliphatic heterocycles. The highest BCUT2D eigenvalue weighted by Gasteiger charge is 2.10. The fourth-order valence-electron chi connectivity index (χ4n) is 1.63. The second-order valence-electron chi connectivity index (χ2n) is 3.91. The van der Waals surface area contributed by atoms with Gasteiger partial charge >= 0.3 is 0 Å². The van der Waals surface area contributed by atoms with Crippen LogP contribution in [0, 0.1) is 6.92 Å². The molecule has 0 unspecified atom stereocenters. The first-order chi connectivity index (χ1) is 8.58. The summed E-state index contributed by atoms with van der Waals surface area (Å²) >= 11 is 0. The summed E-state index contributed by atoms with van der Waals surface area (Å²) in [6.45, 7) is 3.21. The molecule has 1 heterocycles. The third-order valence-corrected chi connectivity index (χ3v) is 2.50. The van der Waals surface area contributed by atoms with Crippen LogP contribution in [-0.2, 0) is 4.79 Å². The van der Waals surface area contributed by atoms with Crippen LogP contribution in [0.1, 0.15) is 23.1 Å². The lowest BCUT2D eigenvalue weighted by Gasteiger charge is -2.05. The van der Waals surface area contributed by atoms with Crippen molar-refractivity contribution in [1.29, 1.82) is 0 Å². The predicted octanol–water partition coefficient (Wildman–Crippen LogP) is 1.84. The molecule has 0 radical (unpaired) electrons. The van der Waals surface area contributed by atoms with Crippen molar-refractivity contribution in [2.45, 2.75) is 13.8 Å². The van der Waals surface area contributed by atoms with Crippen LogP contribution in [0.15, 0.2) is 36.7 Å². The zero-order valence-electron chi connectivity index (χ0n) is 10.2. The van der Waals surface area contributed by atoms with Crippen molar-refractivity contribution in [3.8, 4) is 0 Å². The number of hydrogen-bond acceptors (Lipinski definition) is 3. The van der Waals surface area contributed by atoms with Crippen molar-refractivity contribution in [2.24, 2.45) is 0 Å². The van der Waals surface area contributed by atoms with Gasteiger partial charge in [-0.2, -0.15) is 0 Å². The molecule has 92 valence electrons. The number of aromatic nitrogens is 2. The molecule has 5 nitrogen and oxygen atoms in total. The molecule has 0 atom stereocenters. The Hall–Kier alpha value is -2.43. The monoisotopic (exact) mass is 243 g/mol. The van der Waals surface area contributed by atoms with Crippen LogP contribution >= 0.6 is 0 Å². The molecule has 0 fully saturated rings. The maximum Gasteiger partial charge on any atom is 0.263 e. The summed E-state index contributed by atoms with van der Waals surface area (Å²) < 4.78 is 1.48. The predicted molar refractivity (Wildman–Crippen MR) is 67.4 cm³/mol. The third kappa shape index (κ3) is 2.45. The minimum Gasteiger partial charge on any atom is -0.326 e. The van der Waals surface area contributed by atoms with Gasteiger partial charge in [-0.3, -0.25) is 14.2 Å². The Morgan fingerprint density at radius 1 is 1.22 bits per heavy atom. The Kier molecular flexibility index (Phi) is 3.23. The molecular weight excluding hydrogens is 230 g/mol. The molecule has 1 aromatic carbocycles. The molecule has 0 saturated heterocycles. The van der Waals surface area contributed by atoms with Gasteiger partial charge in [0.1, 0.15) is 5.82 Å². The Labute approximate surface area is 104 Å². The number of rotatable bonds is 2. The van der Waals surface area contributed by atoms with E-state index in [4.69, 9.17) is 0 Å². The highest BCUT2D eigenvalue weighted by Crippen LogP contribution is 2.11. The van der Waals surface area contributed by atoms with Crippen LogP contribution in [0.5, 0.6) is 0 Å². The van der Waals surface area contributed by atoms with Gasteiger partial charge in [0.25, 0.3) is 5.91 Å². The minimum atomic E-state index is -0.139. The summed E-state index contributed by atoms with van der Waals surface area (Å²) in [6.07, 6.45) is 3.21. The molecule has 0 aliphatic carbocycles. The molecule has 0 aliphatic rings. The van der Waals surface area contributed by atoms with Gasteiger partial charge in [-0.15, -0.1) is 0 Å². The number of amides is 1. The van der Waals surface area contributed by atoms with E-state index < -0.39 is 0 Å². The zero-order valence-corrected chi connectivity index (χ0v) is 10.2. The van der Waals surface area contributed by atoms with Crippen molar-refractivity contribution in [3.63, 3.8) is 0 Å². The van der Waals surface area contributed by atoms with Crippen LogP contribution in [0.25, 0.3) is 0 Å². The molecule has 0 bridgehead atoms. The molecule has 1 N–H and O–H groups in total. The lowest BCUT2D eigenvalue weighted by Crippen LogP contribution is -2.13. The first kappa shape index (κ1) is 12.0. The highest BCUT2D eigenvalue weighted by atomic mass is 16.2. The number of nitrogens with one attached hydrogen (secondary N) is 1. The van der Waals surface area contributed by atoms with E-state index in [1.54, 1.807) is 43.6 Å². The van der Waals surface area contributed by atoms with Gasteiger partial charge in [-0.1, -0.05) is 0 Å². The standard InChI is InChI=1S/C13H13N3O2/c1-9-14-7-8-16(9)13(18)11-3-5-12(6-4-11)15-10(2)17/h3-8H,1-2H3,(H,15,17). The summed E-state index contributed by atoms with van der Waals surface area (Å²) in [7, 11) is 0. The van der Waals surface area contributed by atoms with Gasteiger partial charge in [0, 0.05) is 30.6 Å². The largest absolute Gasteiger partial charge is 0.326 e. The average molecular weight is 243 g/mol. The van der Waals surface area contributed by atoms with Crippen molar-refractivity contribution < 1.29 is 9.59 Å². The molecule has 18 heavy (non-hydrogen) atoms. The van der Waals surface area contributed by atoms with Crippen molar-refractivity contribution in [1.82, 2.24) is 9.55 Å². The van der Waals surface area contributed by atoms with E-state index in [1.165, 1.54) is 11.5 Å². The first-order valence-electron chi connectivity index (χ1n) is 5.50. The maximum atomic E-state index is 12.1. The van der Waals surface area contributed by atoms with Gasteiger partial charge in [-0.25, -0.2) is 4.98 Å². The number of carbonyl (C=O) groups is 2. The first-order valence-corrected chi connectivity index (χ1v) is 5.50. The lowest BCUT2D eigenvalue weighted by molar-refractivity contribution is -0.114. The number of aryl methyl sites for hydroxylation is 1. The summed E-state index contributed by atoms with van der Waals surface area (Å²) in [4.78, 5) is 27.0.